The highest BCUT2D eigenvalue weighted by Gasteiger charge is 2.93. The highest BCUT2D eigenvalue weighted by molar-refractivity contribution is 8.02. The molecule has 6 aliphatic rings. The molecule has 0 radical (unpaired) electrons. The van der Waals surface area contributed by atoms with Crippen LogP contribution in [0.25, 0.3) is 0 Å². The van der Waals surface area contributed by atoms with Gasteiger partial charge in [0.15, 0.2) is 0 Å². The Labute approximate surface area is 250 Å². The second kappa shape index (κ2) is 8.91. The van der Waals surface area contributed by atoms with E-state index in [1.54, 1.807) is 0 Å². The van der Waals surface area contributed by atoms with Gasteiger partial charge in [-0.05, 0) is 49.2 Å². The lowest BCUT2D eigenvalue weighted by atomic mass is 9.30. The molecule has 0 amide bonds. The molecule has 3 saturated carbocycles. The van der Waals surface area contributed by atoms with Gasteiger partial charge in [-0.25, -0.2) is 0 Å². The molecule has 0 aromatic heterocycles. The Kier molecular flexibility index (Phi) is 5.59. The van der Waals surface area contributed by atoms with Crippen molar-refractivity contribution < 1.29 is 0 Å². The van der Waals surface area contributed by atoms with Crippen LogP contribution in [0.2, 0.25) is 0 Å². The van der Waals surface area contributed by atoms with Crippen LogP contribution in [0.1, 0.15) is 12.8 Å². The topological polar surface area (TPSA) is 9.72 Å². The fraction of sp³-hybridized carbons (Fsp3) is 0.294. The lowest BCUT2D eigenvalue weighted by molar-refractivity contribution is -0.246. The summed E-state index contributed by atoms with van der Waals surface area (Å²) < 4.78 is 0. The van der Waals surface area contributed by atoms with Crippen LogP contribution in [0.3, 0.4) is 0 Å². The average molecular weight is 580 g/mol. The van der Waals surface area contributed by atoms with Crippen molar-refractivity contribution in [2.75, 3.05) is 34.3 Å². The van der Waals surface area contributed by atoms with Crippen molar-refractivity contribution in [3.8, 4) is 0 Å². The van der Waals surface area contributed by atoms with E-state index >= 15 is 0 Å². The predicted octanol–water partition coefficient (Wildman–Crippen LogP) is 8.51. The second-order valence-corrected chi connectivity index (χ2v) is 15.0. The molecule has 0 N–H and O–H groups in total. The standard InChI is InChI=1S/C34H33N3S3/c1-4-19-35-24-13-7-10-16-27(24)38-30(35)32-22-33(23-32,31-36(20-5-2)25-14-8-11-17-28(25)39-31)34(32)37(21-6-3)26-15-9-12-18-29(26)40-34/h4-18,30-31H,1-3,19-23H2. The van der Waals surface area contributed by atoms with Crippen LogP contribution in [-0.4, -0.2) is 35.3 Å². The zero-order valence-electron chi connectivity index (χ0n) is 22.5. The third kappa shape index (κ3) is 2.88. The van der Waals surface area contributed by atoms with Crippen LogP contribution in [0.5, 0.6) is 0 Å². The van der Waals surface area contributed by atoms with Gasteiger partial charge in [0.25, 0.3) is 0 Å². The van der Waals surface area contributed by atoms with E-state index in [9.17, 15) is 0 Å². The number of rotatable bonds is 8. The van der Waals surface area contributed by atoms with Crippen molar-refractivity contribution in [1.29, 1.82) is 0 Å². The molecule has 202 valence electrons. The molecule has 3 aromatic rings. The summed E-state index contributed by atoms with van der Waals surface area (Å²) in [6, 6.07) is 27.0. The first-order valence-electron chi connectivity index (χ1n) is 14.1. The lowest BCUT2D eigenvalue weighted by Crippen LogP contribution is -2.92. The summed E-state index contributed by atoms with van der Waals surface area (Å²) in [5.41, 5.74) is 4.34. The van der Waals surface area contributed by atoms with Gasteiger partial charge in [-0.1, -0.05) is 89.9 Å². The minimum Gasteiger partial charge on any atom is -0.354 e. The molecule has 6 heteroatoms. The first-order valence-corrected chi connectivity index (χ1v) is 16.6. The van der Waals surface area contributed by atoms with Gasteiger partial charge in [0.1, 0.15) is 4.87 Å². The van der Waals surface area contributed by atoms with Crippen LogP contribution in [0, 0.1) is 10.8 Å². The summed E-state index contributed by atoms with van der Waals surface area (Å²) in [6.45, 7) is 15.2. The van der Waals surface area contributed by atoms with Crippen LogP contribution in [0.4, 0.5) is 17.1 Å². The molecule has 3 nitrogen and oxygen atoms in total. The van der Waals surface area contributed by atoms with Crippen LogP contribution >= 0.6 is 35.3 Å². The number of nitrogens with zero attached hydrogens (tertiary/aromatic N) is 3. The van der Waals surface area contributed by atoms with Gasteiger partial charge in [-0.15, -0.1) is 19.7 Å². The maximum Gasteiger partial charge on any atom is 0.108 e. The molecule has 9 rings (SSSR count). The second-order valence-electron chi connectivity index (χ2n) is 11.5. The maximum atomic E-state index is 4.25. The van der Waals surface area contributed by atoms with Gasteiger partial charge in [-0.3, -0.25) is 0 Å². The van der Waals surface area contributed by atoms with E-state index in [0.29, 0.717) is 10.7 Å². The largest absolute Gasteiger partial charge is 0.354 e. The van der Waals surface area contributed by atoms with Crippen LogP contribution in [0.15, 0.2) is 125 Å². The van der Waals surface area contributed by atoms with Crippen molar-refractivity contribution in [1.82, 2.24) is 0 Å². The Morgan fingerprint density at radius 1 is 0.625 bits per heavy atom. The Hall–Kier alpha value is -2.67. The van der Waals surface area contributed by atoms with Crippen molar-refractivity contribution in [2.24, 2.45) is 10.8 Å². The van der Waals surface area contributed by atoms with E-state index < -0.39 is 0 Å². The molecule has 3 aromatic carbocycles. The van der Waals surface area contributed by atoms with Gasteiger partial charge in [0, 0.05) is 45.2 Å². The number of hydrogen-bond acceptors (Lipinski definition) is 6. The molecule has 40 heavy (non-hydrogen) atoms. The molecular formula is C34H33N3S3. The molecule has 0 saturated heterocycles. The molecule has 2 atom stereocenters. The summed E-state index contributed by atoms with van der Waals surface area (Å²) in [6.07, 6.45) is 8.70. The third-order valence-electron chi connectivity index (χ3n) is 9.71. The summed E-state index contributed by atoms with van der Waals surface area (Å²) >= 11 is 6.31. The van der Waals surface area contributed by atoms with Crippen LogP contribution < -0.4 is 14.7 Å². The van der Waals surface area contributed by atoms with Gasteiger partial charge in [-0.2, -0.15) is 0 Å². The average Bonchev–Trinajstić information content (AvgIpc) is 3.62. The van der Waals surface area contributed by atoms with Crippen molar-refractivity contribution in [3.63, 3.8) is 0 Å². The maximum absolute atomic E-state index is 4.25. The van der Waals surface area contributed by atoms with E-state index in [-0.39, 0.29) is 15.7 Å². The van der Waals surface area contributed by atoms with Crippen molar-refractivity contribution in [3.05, 3.63) is 111 Å². The smallest absolute Gasteiger partial charge is 0.108 e. The minimum absolute atomic E-state index is 0.0594. The van der Waals surface area contributed by atoms with E-state index in [4.69, 9.17) is 0 Å². The Morgan fingerprint density at radius 2 is 1.07 bits per heavy atom. The number of para-hydroxylation sites is 3. The first kappa shape index (κ1) is 25.1. The van der Waals surface area contributed by atoms with Gasteiger partial charge in [0.05, 0.1) is 27.8 Å². The van der Waals surface area contributed by atoms with E-state index in [0.717, 1.165) is 19.6 Å². The number of anilines is 3. The van der Waals surface area contributed by atoms with Gasteiger partial charge in [0.2, 0.25) is 0 Å². The molecular weight excluding hydrogens is 547 g/mol. The highest BCUT2D eigenvalue weighted by atomic mass is 32.2. The normalized spacial score (nSPS) is 32.2. The van der Waals surface area contributed by atoms with E-state index in [1.807, 2.05) is 0 Å². The summed E-state index contributed by atoms with van der Waals surface area (Å²) in [4.78, 5) is 12.2. The number of fused-ring (bicyclic) bond motifs is 3. The molecule has 3 aliphatic carbocycles. The molecule has 2 bridgehead atoms. The molecule has 3 aliphatic heterocycles. The Bertz CT molecular complexity index is 1460. The van der Waals surface area contributed by atoms with Crippen molar-refractivity contribution in [2.45, 2.75) is 43.1 Å². The van der Waals surface area contributed by atoms with Gasteiger partial charge < -0.3 is 14.7 Å². The number of hydrogen-bond donors (Lipinski definition) is 0. The predicted molar refractivity (Wildman–Crippen MR) is 174 cm³/mol. The molecule has 3 fully saturated rings. The Balaban J connectivity index is 1.29. The SMILES string of the molecule is C=CCN1c2ccccc2SC1C12CC(C3Sc4ccccc4N3CC=C)(C1)C21Sc2ccccc2N1CC=C. The van der Waals surface area contributed by atoms with Gasteiger partial charge >= 0.3 is 0 Å². The molecule has 3 heterocycles. The number of benzene rings is 3. The fourth-order valence-electron chi connectivity index (χ4n) is 8.46. The molecule has 2 unspecified atom stereocenters. The molecule has 1 spiro atoms. The van der Waals surface area contributed by atoms with E-state index in [1.165, 1.54) is 44.6 Å². The van der Waals surface area contributed by atoms with Crippen LogP contribution in [-0.2, 0) is 0 Å². The lowest BCUT2D eigenvalue weighted by Gasteiger charge is -2.86. The fourth-order valence-corrected chi connectivity index (χ4v) is 13.7. The third-order valence-corrected chi connectivity index (χ3v) is 14.7. The zero-order chi connectivity index (χ0) is 27.1. The summed E-state index contributed by atoms with van der Waals surface area (Å²) in [7, 11) is 0. The Morgan fingerprint density at radius 3 is 1.57 bits per heavy atom. The zero-order valence-corrected chi connectivity index (χ0v) is 25.0. The number of thioether (sulfide) groups is 3. The minimum atomic E-state index is -0.0594. The monoisotopic (exact) mass is 579 g/mol. The van der Waals surface area contributed by atoms with Crippen molar-refractivity contribution >= 4 is 52.3 Å². The quantitative estimate of drug-likeness (QED) is 0.246. The first-order chi connectivity index (χ1) is 19.6. The van der Waals surface area contributed by atoms with E-state index in [2.05, 4.69) is 161 Å². The highest BCUT2D eigenvalue weighted by Crippen LogP contribution is 2.92. The summed E-state index contributed by atoms with van der Waals surface area (Å²) in [5, 5.41) is 0.723. The summed E-state index contributed by atoms with van der Waals surface area (Å²) in [5.74, 6) is 0.